The molecule has 1 aliphatic carbocycles. The number of fused-ring (bicyclic) bond motifs is 1. The Balaban J connectivity index is 1.55. The summed E-state index contributed by atoms with van der Waals surface area (Å²) in [5, 5.41) is 7.03. The van der Waals surface area contributed by atoms with Gasteiger partial charge in [-0.15, -0.1) is 0 Å². The first-order chi connectivity index (χ1) is 13.2. The van der Waals surface area contributed by atoms with Gasteiger partial charge in [0, 0.05) is 16.5 Å². The van der Waals surface area contributed by atoms with Crippen molar-refractivity contribution < 1.29 is 4.39 Å². The lowest BCUT2D eigenvalue weighted by atomic mass is 10.0. The van der Waals surface area contributed by atoms with E-state index in [1.807, 2.05) is 24.3 Å². The first kappa shape index (κ1) is 15.8. The molecule has 4 heteroatoms. The van der Waals surface area contributed by atoms with Gasteiger partial charge in [-0.2, -0.15) is 0 Å². The zero-order chi connectivity index (χ0) is 18.4. The number of hydrogen-bond acceptors (Lipinski definition) is 1. The van der Waals surface area contributed by atoms with Gasteiger partial charge in [-0.25, -0.2) is 9.38 Å². The molecule has 0 fully saturated rings. The Kier molecular flexibility index (Phi) is 3.57. The second-order valence-corrected chi connectivity index (χ2v) is 6.84. The lowest BCUT2D eigenvalue weighted by Gasteiger charge is -2.11. The highest BCUT2D eigenvalue weighted by molar-refractivity contribution is 6.04. The highest BCUT2D eigenvalue weighted by Crippen LogP contribution is 2.37. The summed E-state index contributed by atoms with van der Waals surface area (Å²) in [6.45, 7) is 0. The Labute approximate surface area is 156 Å². The van der Waals surface area contributed by atoms with Crippen LogP contribution in [-0.2, 0) is 12.8 Å². The van der Waals surface area contributed by atoms with Crippen LogP contribution >= 0.6 is 0 Å². The molecule has 0 spiro atoms. The molecule has 0 atom stereocenters. The molecule has 0 saturated heterocycles. The van der Waals surface area contributed by atoms with Crippen molar-refractivity contribution >= 4 is 38.9 Å². The summed E-state index contributed by atoms with van der Waals surface area (Å²) in [5.74, 6) is 0.0497. The van der Waals surface area contributed by atoms with Crippen LogP contribution in [0.2, 0.25) is 0 Å². The van der Waals surface area contributed by atoms with E-state index in [0.717, 1.165) is 29.6 Å². The number of anilines is 1. The fourth-order valence-corrected chi connectivity index (χ4v) is 4.02. The smallest absolute Gasteiger partial charge is 0.198 e. The highest BCUT2D eigenvalue weighted by atomic mass is 19.1. The molecule has 0 aliphatic heterocycles. The summed E-state index contributed by atoms with van der Waals surface area (Å²) in [6.07, 6.45) is 2.01. The van der Waals surface area contributed by atoms with Crippen molar-refractivity contribution in [2.45, 2.75) is 12.8 Å². The normalized spacial score (nSPS) is 13.4. The van der Waals surface area contributed by atoms with Gasteiger partial charge >= 0.3 is 0 Å². The van der Waals surface area contributed by atoms with Crippen molar-refractivity contribution in [1.29, 1.82) is 0 Å². The lowest BCUT2D eigenvalue weighted by molar-refractivity contribution is 0.640. The number of guanidine groups is 1. The average Bonchev–Trinajstić information content (AvgIpc) is 3.13. The molecule has 0 amide bonds. The summed E-state index contributed by atoms with van der Waals surface area (Å²) in [7, 11) is 0. The van der Waals surface area contributed by atoms with Gasteiger partial charge in [0.15, 0.2) is 5.96 Å². The molecule has 132 valence electrons. The SMILES string of the molecule is NC(=Nc1ccc2cccc3c2c1CC3)Nc1ccc(F)c2ccccc12. The van der Waals surface area contributed by atoms with Gasteiger partial charge in [0.05, 0.1) is 5.69 Å². The zero-order valence-electron chi connectivity index (χ0n) is 14.7. The summed E-state index contributed by atoms with van der Waals surface area (Å²) < 4.78 is 14.0. The van der Waals surface area contributed by atoms with E-state index in [1.54, 1.807) is 12.1 Å². The minimum absolute atomic E-state index is 0.248. The maximum atomic E-state index is 14.0. The predicted molar refractivity (Wildman–Crippen MR) is 110 cm³/mol. The summed E-state index contributed by atoms with van der Waals surface area (Å²) in [5.41, 5.74) is 10.4. The lowest BCUT2D eigenvalue weighted by Crippen LogP contribution is -2.22. The van der Waals surface area contributed by atoms with Gasteiger partial charge in [0.2, 0.25) is 0 Å². The predicted octanol–water partition coefficient (Wildman–Crippen LogP) is 5.29. The van der Waals surface area contributed by atoms with E-state index in [9.17, 15) is 4.39 Å². The number of halogens is 1. The number of rotatable bonds is 2. The molecule has 4 aromatic rings. The minimum Gasteiger partial charge on any atom is -0.369 e. The molecule has 0 radical (unpaired) electrons. The first-order valence-electron chi connectivity index (χ1n) is 9.02. The van der Waals surface area contributed by atoms with Gasteiger partial charge in [-0.05, 0) is 52.9 Å². The molecule has 4 aromatic carbocycles. The Morgan fingerprint density at radius 2 is 1.74 bits per heavy atom. The fraction of sp³-hybridized carbons (Fsp3) is 0.0870. The number of hydrogen-bond donors (Lipinski definition) is 2. The molecule has 3 nitrogen and oxygen atoms in total. The summed E-state index contributed by atoms with van der Waals surface area (Å²) in [4.78, 5) is 4.63. The topological polar surface area (TPSA) is 50.4 Å². The van der Waals surface area contributed by atoms with Crippen molar-refractivity contribution in [3.63, 3.8) is 0 Å². The van der Waals surface area contributed by atoms with E-state index in [0.29, 0.717) is 11.3 Å². The molecular formula is C23H18FN3. The van der Waals surface area contributed by atoms with Crippen LogP contribution in [0.1, 0.15) is 11.1 Å². The number of nitrogens with zero attached hydrogens (tertiary/aromatic N) is 1. The van der Waals surface area contributed by atoms with Crippen LogP contribution in [0.5, 0.6) is 0 Å². The monoisotopic (exact) mass is 355 g/mol. The summed E-state index contributed by atoms with van der Waals surface area (Å²) >= 11 is 0. The maximum absolute atomic E-state index is 14.0. The molecular weight excluding hydrogens is 337 g/mol. The van der Waals surface area contributed by atoms with Crippen molar-refractivity contribution in [2.24, 2.45) is 10.7 Å². The third-order valence-corrected chi connectivity index (χ3v) is 5.23. The van der Waals surface area contributed by atoms with E-state index >= 15 is 0 Å². The minimum atomic E-state index is -0.248. The van der Waals surface area contributed by atoms with Gasteiger partial charge in [-0.3, -0.25) is 0 Å². The van der Waals surface area contributed by atoms with E-state index < -0.39 is 0 Å². The van der Waals surface area contributed by atoms with Gasteiger partial charge < -0.3 is 11.1 Å². The van der Waals surface area contributed by atoms with Crippen molar-refractivity contribution in [3.05, 3.63) is 83.7 Å². The molecule has 0 aromatic heterocycles. The number of aryl methyl sites for hydroxylation is 2. The van der Waals surface area contributed by atoms with Crippen LogP contribution in [-0.4, -0.2) is 5.96 Å². The second kappa shape index (κ2) is 6.09. The van der Waals surface area contributed by atoms with Gasteiger partial charge in [-0.1, -0.05) is 48.5 Å². The van der Waals surface area contributed by atoms with Crippen LogP contribution in [0.25, 0.3) is 21.5 Å². The van der Waals surface area contributed by atoms with Crippen molar-refractivity contribution in [2.75, 3.05) is 5.32 Å². The number of nitrogens with one attached hydrogen (secondary N) is 1. The Morgan fingerprint density at radius 1 is 0.889 bits per heavy atom. The van der Waals surface area contributed by atoms with Crippen LogP contribution in [0, 0.1) is 5.82 Å². The zero-order valence-corrected chi connectivity index (χ0v) is 14.7. The molecule has 0 unspecified atom stereocenters. The van der Waals surface area contributed by atoms with Crippen molar-refractivity contribution in [1.82, 2.24) is 0 Å². The Bertz CT molecular complexity index is 1230. The second-order valence-electron chi connectivity index (χ2n) is 6.84. The fourth-order valence-electron chi connectivity index (χ4n) is 4.02. The highest BCUT2D eigenvalue weighted by Gasteiger charge is 2.17. The molecule has 27 heavy (non-hydrogen) atoms. The largest absolute Gasteiger partial charge is 0.369 e. The summed E-state index contributed by atoms with van der Waals surface area (Å²) in [6, 6.07) is 21.0. The molecule has 0 heterocycles. The Hall–Kier alpha value is -3.40. The molecule has 1 aliphatic rings. The van der Waals surface area contributed by atoms with Crippen molar-refractivity contribution in [3.8, 4) is 0 Å². The molecule has 3 N–H and O–H groups in total. The van der Waals surface area contributed by atoms with Crippen LogP contribution in [0.15, 0.2) is 71.7 Å². The maximum Gasteiger partial charge on any atom is 0.198 e. The molecule has 0 saturated carbocycles. The van der Waals surface area contributed by atoms with Gasteiger partial charge in [0.1, 0.15) is 5.82 Å². The third-order valence-electron chi connectivity index (χ3n) is 5.23. The van der Waals surface area contributed by atoms with E-state index in [4.69, 9.17) is 5.73 Å². The number of aliphatic imine (C=N–C) groups is 1. The number of nitrogens with two attached hydrogens (primary N) is 1. The van der Waals surface area contributed by atoms with E-state index in [-0.39, 0.29) is 5.82 Å². The Morgan fingerprint density at radius 3 is 2.63 bits per heavy atom. The molecule has 0 bridgehead atoms. The third kappa shape index (κ3) is 2.61. The standard InChI is InChI=1S/C23H18FN3/c24-19-11-13-20(17-7-2-1-6-16(17)19)26-23(25)27-21-12-9-15-5-3-4-14-8-10-18(21)22(14)15/h1-7,9,11-13H,8,10H2,(H3,25,26,27). The quantitative estimate of drug-likeness (QED) is 0.379. The first-order valence-corrected chi connectivity index (χ1v) is 9.02. The molecule has 5 rings (SSSR count). The average molecular weight is 355 g/mol. The van der Waals surface area contributed by atoms with E-state index in [2.05, 4.69) is 34.6 Å². The van der Waals surface area contributed by atoms with Crippen LogP contribution in [0.4, 0.5) is 15.8 Å². The van der Waals surface area contributed by atoms with Gasteiger partial charge in [0.25, 0.3) is 0 Å². The number of benzene rings is 4. The van der Waals surface area contributed by atoms with Crippen LogP contribution in [0.3, 0.4) is 0 Å². The van der Waals surface area contributed by atoms with E-state index in [1.165, 1.54) is 28.0 Å². The van der Waals surface area contributed by atoms with Crippen LogP contribution < -0.4 is 11.1 Å².